The third-order valence-electron chi connectivity index (χ3n) is 0.642. The first kappa shape index (κ1) is 44.9. The predicted molar refractivity (Wildman–Crippen MR) is 84.4 cm³/mol. The number of carbonyl (C=O) groups is 5. The minimum atomic E-state index is -1.08. The molecule has 14 heteroatoms. The maximum atomic E-state index is 8.89. The molecule has 0 aromatic rings. The summed E-state index contributed by atoms with van der Waals surface area (Å²) in [5.41, 5.74) is 10.3. The minimum Gasteiger partial charge on any atom is -0.550 e. The summed E-state index contributed by atoms with van der Waals surface area (Å²) in [6.07, 6.45) is 0. The monoisotopic (exact) mass is 453 g/mol. The second kappa shape index (κ2) is 44.3. The van der Waals surface area contributed by atoms with Crippen LogP contribution in [0.4, 0.5) is 0 Å². The van der Waals surface area contributed by atoms with Crippen molar-refractivity contribution in [1.82, 2.24) is 5.32 Å². The van der Waals surface area contributed by atoms with Gasteiger partial charge >= 0.3 is 17.1 Å². The second-order valence-corrected chi connectivity index (χ2v) is 3.79. The molecule has 0 aliphatic heterocycles. The summed E-state index contributed by atoms with van der Waals surface area (Å²) in [7, 11) is 0. The van der Waals surface area contributed by atoms with Crippen molar-refractivity contribution in [3.63, 3.8) is 0 Å². The zero-order chi connectivity index (χ0) is 23.4. The van der Waals surface area contributed by atoms with Crippen molar-refractivity contribution in [3.8, 4) is 0 Å². The van der Waals surface area contributed by atoms with E-state index in [1.807, 2.05) is 0 Å². The van der Waals surface area contributed by atoms with Crippen LogP contribution in [0.1, 0.15) is 34.6 Å². The average Bonchev–Trinajstić information content (AvgIpc) is 2.35. The first-order valence-electron chi connectivity index (χ1n) is 7.06. The first-order chi connectivity index (χ1) is 12.1. The summed E-state index contributed by atoms with van der Waals surface area (Å²) in [6, 6.07) is 0. The van der Waals surface area contributed by atoms with Crippen LogP contribution in [0.3, 0.4) is 0 Å². The quantitative estimate of drug-likeness (QED) is 0.264. The molecule has 0 aromatic heterocycles. The zero-order valence-electron chi connectivity index (χ0n) is 16.4. The van der Waals surface area contributed by atoms with Crippen LogP contribution in [0.25, 0.3) is 0 Å². The molecular formula is C14H28MnN3O10. The number of rotatable bonds is 4. The van der Waals surface area contributed by atoms with Crippen molar-refractivity contribution in [1.29, 1.82) is 0 Å². The van der Waals surface area contributed by atoms with Crippen LogP contribution in [-0.2, 0) is 41.0 Å². The molecule has 13 nitrogen and oxygen atoms in total. The van der Waals surface area contributed by atoms with Crippen molar-refractivity contribution >= 4 is 29.8 Å². The van der Waals surface area contributed by atoms with Crippen LogP contribution in [0.15, 0.2) is 0 Å². The molecule has 0 unspecified atom stereocenters. The molecule has 0 rings (SSSR count). The number of carboxylic acid groups (broad SMARTS) is 5. The number of carbonyl (C=O) groups excluding carboxylic acids is 5. The molecule has 5 N–H and O–H groups in total. The number of nitrogens with two attached hydrogens (primary N) is 2. The van der Waals surface area contributed by atoms with Gasteiger partial charge in [-0.05, 0) is 34.6 Å². The number of aliphatic carboxylic acids is 5. The van der Waals surface area contributed by atoms with Gasteiger partial charge in [0.25, 0.3) is 0 Å². The molecule has 0 aliphatic rings. The molecule has 0 heterocycles. The van der Waals surface area contributed by atoms with E-state index in [2.05, 4.69) is 5.32 Å². The van der Waals surface area contributed by atoms with Gasteiger partial charge in [-0.1, -0.05) is 0 Å². The van der Waals surface area contributed by atoms with Crippen molar-refractivity contribution in [2.24, 2.45) is 11.5 Å². The van der Waals surface area contributed by atoms with Crippen LogP contribution in [0, 0.1) is 0 Å². The SMILES string of the molecule is CC(=O)[O-].CC(=O)[O-].CC(=O)[O-].CC(=O)[O-].CC(=O)[O-].NCCNCCN.[Mn+5]. The van der Waals surface area contributed by atoms with Gasteiger partial charge in [-0.3, -0.25) is 0 Å². The van der Waals surface area contributed by atoms with Gasteiger partial charge in [0.15, 0.2) is 0 Å². The Labute approximate surface area is 174 Å². The molecule has 0 bridgehead atoms. The number of hydrogen-bond acceptors (Lipinski definition) is 13. The molecule has 0 aliphatic carbocycles. The van der Waals surface area contributed by atoms with Crippen LogP contribution in [-0.4, -0.2) is 56.0 Å². The molecule has 0 spiro atoms. The molecule has 0 aromatic carbocycles. The predicted octanol–water partition coefficient (Wildman–Crippen LogP) is -7.73. The van der Waals surface area contributed by atoms with Gasteiger partial charge in [0.2, 0.25) is 0 Å². The van der Waals surface area contributed by atoms with Crippen molar-refractivity contribution < 1.29 is 66.6 Å². The second-order valence-electron chi connectivity index (χ2n) is 3.79. The van der Waals surface area contributed by atoms with Gasteiger partial charge in [-0.15, -0.1) is 0 Å². The average molecular weight is 453 g/mol. The summed E-state index contributed by atoms with van der Waals surface area (Å²) in [5, 5.41) is 47.5. The summed E-state index contributed by atoms with van der Waals surface area (Å²) in [6.45, 7) is 7.99. The summed E-state index contributed by atoms with van der Waals surface area (Å²) in [5.74, 6) is -5.42. The van der Waals surface area contributed by atoms with Gasteiger partial charge in [-0.25, -0.2) is 0 Å². The molecule has 166 valence electrons. The minimum absolute atomic E-state index is 0. The van der Waals surface area contributed by atoms with E-state index in [0.717, 1.165) is 47.7 Å². The summed E-state index contributed by atoms with van der Waals surface area (Å²) >= 11 is 0. The molecule has 0 atom stereocenters. The maximum Gasteiger partial charge on any atom is 5.00 e. The van der Waals surface area contributed by atoms with E-state index in [1.165, 1.54) is 0 Å². The smallest absolute Gasteiger partial charge is 0.550 e. The van der Waals surface area contributed by atoms with Crippen LogP contribution >= 0.6 is 0 Å². The molecule has 0 radical (unpaired) electrons. The summed E-state index contributed by atoms with van der Waals surface area (Å²) in [4.78, 5) is 44.4. The van der Waals surface area contributed by atoms with Crippen LogP contribution in [0.5, 0.6) is 0 Å². The molecule has 28 heavy (non-hydrogen) atoms. The van der Waals surface area contributed by atoms with Crippen molar-refractivity contribution in [2.45, 2.75) is 34.6 Å². The number of hydrogen-bond donors (Lipinski definition) is 3. The van der Waals surface area contributed by atoms with Gasteiger partial charge in [-0.2, -0.15) is 0 Å². The van der Waals surface area contributed by atoms with Gasteiger partial charge in [0.1, 0.15) is 0 Å². The van der Waals surface area contributed by atoms with Gasteiger partial charge in [0, 0.05) is 56.0 Å². The molecular weight excluding hydrogens is 425 g/mol. The fourth-order valence-corrected chi connectivity index (χ4v) is 0.329. The van der Waals surface area contributed by atoms with E-state index in [0.29, 0.717) is 13.1 Å². The maximum absolute atomic E-state index is 8.89. The van der Waals surface area contributed by atoms with E-state index in [9.17, 15) is 0 Å². The number of carboxylic acids is 5. The zero-order valence-corrected chi connectivity index (χ0v) is 17.6. The van der Waals surface area contributed by atoms with E-state index >= 15 is 0 Å². The van der Waals surface area contributed by atoms with Crippen LogP contribution in [0.2, 0.25) is 0 Å². The standard InChI is InChI=1S/C4H13N3.5C2H4O2.Mn/c5-1-3-7-4-2-6;5*1-2(3)4;/h7H,1-6H2;5*1H3,(H,3,4);/q;;;;;;+5/p-5. The van der Waals surface area contributed by atoms with Crippen molar-refractivity contribution in [3.05, 3.63) is 0 Å². The topological polar surface area (TPSA) is 265 Å². The Morgan fingerprint density at radius 2 is 0.679 bits per heavy atom. The van der Waals surface area contributed by atoms with Gasteiger partial charge < -0.3 is 66.3 Å². The van der Waals surface area contributed by atoms with Gasteiger partial charge in [0.05, 0.1) is 0 Å². The molecule has 0 amide bonds. The Morgan fingerprint density at radius 3 is 0.750 bits per heavy atom. The number of nitrogens with one attached hydrogen (secondary N) is 1. The third kappa shape index (κ3) is 4020. The third-order valence-corrected chi connectivity index (χ3v) is 0.642. The molecule has 0 fully saturated rings. The first-order valence-corrected chi connectivity index (χ1v) is 7.06. The van der Waals surface area contributed by atoms with Crippen molar-refractivity contribution in [2.75, 3.05) is 26.2 Å². The fourth-order valence-electron chi connectivity index (χ4n) is 0.329. The Kier molecular flexibility index (Phi) is 71.0. The Morgan fingerprint density at radius 1 is 0.571 bits per heavy atom. The molecule has 0 saturated carbocycles. The van der Waals surface area contributed by atoms with E-state index < -0.39 is 29.8 Å². The molecule has 0 saturated heterocycles. The van der Waals surface area contributed by atoms with E-state index in [-0.39, 0.29) is 17.1 Å². The van der Waals surface area contributed by atoms with E-state index in [1.54, 1.807) is 0 Å². The normalized spacial score (nSPS) is 6.82. The van der Waals surface area contributed by atoms with E-state index in [4.69, 9.17) is 61.0 Å². The fraction of sp³-hybridized carbons (Fsp3) is 0.643. The van der Waals surface area contributed by atoms with Crippen LogP contribution < -0.4 is 42.3 Å². The Hall–Kier alpha value is -2.25. The Balaban J connectivity index is -0.0000000382. The largest absolute Gasteiger partial charge is 5.00 e. The summed E-state index contributed by atoms with van der Waals surface area (Å²) < 4.78 is 0. The Bertz CT molecular complexity index is 289.